The highest BCUT2D eigenvalue weighted by Gasteiger charge is 2.48. The molecule has 2 aromatic carbocycles. The number of hydrogen-bond acceptors (Lipinski definition) is 3. The Hall–Kier alpha value is -1.86. The van der Waals surface area contributed by atoms with Gasteiger partial charge in [-0.15, -0.1) is 0 Å². The minimum absolute atomic E-state index is 0.0606. The van der Waals surface area contributed by atoms with E-state index in [0.29, 0.717) is 11.1 Å². The van der Waals surface area contributed by atoms with E-state index in [1.165, 1.54) is 0 Å². The van der Waals surface area contributed by atoms with Gasteiger partial charge in [0, 0.05) is 12.8 Å². The van der Waals surface area contributed by atoms with Crippen molar-refractivity contribution in [3.63, 3.8) is 0 Å². The van der Waals surface area contributed by atoms with E-state index in [9.17, 15) is 21.6 Å². The summed E-state index contributed by atoms with van der Waals surface area (Å²) >= 11 is 0. The van der Waals surface area contributed by atoms with Gasteiger partial charge in [0.25, 0.3) is 0 Å². The van der Waals surface area contributed by atoms with E-state index in [1.807, 2.05) is 0 Å². The molecule has 0 aliphatic heterocycles. The Bertz CT molecular complexity index is 672. The summed E-state index contributed by atoms with van der Waals surface area (Å²) < 4.78 is 64.7. The highest BCUT2D eigenvalue weighted by Crippen LogP contribution is 2.27. The molecule has 0 unspecified atom stereocenters. The highest BCUT2D eigenvalue weighted by atomic mass is 32.2. The highest BCUT2D eigenvalue weighted by molar-refractivity contribution is 7.87. The van der Waals surface area contributed by atoms with Crippen LogP contribution in [0.5, 0.6) is 0 Å². The molecule has 0 saturated heterocycles. The van der Waals surface area contributed by atoms with E-state index in [1.54, 1.807) is 60.7 Å². The lowest BCUT2D eigenvalue weighted by atomic mass is 10.0. The maximum atomic E-state index is 12.6. The van der Waals surface area contributed by atoms with E-state index in [2.05, 4.69) is 4.18 Å². The van der Waals surface area contributed by atoms with Crippen LogP contribution < -0.4 is 0 Å². The number of hydrogen-bond donors (Lipinski definition) is 0. The van der Waals surface area contributed by atoms with Crippen molar-refractivity contribution in [2.45, 2.75) is 24.5 Å². The zero-order valence-corrected chi connectivity index (χ0v) is 12.8. The molecule has 0 aliphatic rings. The molecular formula is C16H15F3O3S. The van der Waals surface area contributed by atoms with Gasteiger partial charge in [0.05, 0.1) is 6.10 Å². The standard InChI is InChI=1S/C16H15F3O3S/c17-16(18,19)23(20,21)22-15(11-13-7-3-1-4-8-13)12-14-9-5-2-6-10-14/h1-10,15H,11-12H2. The van der Waals surface area contributed by atoms with Crippen molar-refractivity contribution < 1.29 is 25.8 Å². The number of rotatable bonds is 6. The van der Waals surface area contributed by atoms with Gasteiger partial charge in [0.1, 0.15) is 0 Å². The molecular weight excluding hydrogens is 329 g/mol. The van der Waals surface area contributed by atoms with Gasteiger partial charge in [0.2, 0.25) is 0 Å². The molecule has 3 nitrogen and oxygen atoms in total. The van der Waals surface area contributed by atoms with Gasteiger partial charge in [-0.05, 0) is 11.1 Å². The fourth-order valence-corrected chi connectivity index (χ4v) is 2.73. The molecule has 0 aliphatic carbocycles. The third-order valence-electron chi connectivity index (χ3n) is 3.16. The fourth-order valence-electron chi connectivity index (χ4n) is 2.13. The molecule has 0 atom stereocenters. The summed E-state index contributed by atoms with van der Waals surface area (Å²) in [4.78, 5) is 0. The van der Waals surface area contributed by atoms with E-state index in [4.69, 9.17) is 0 Å². The summed E-state index contributed by atoms with van der Waals surface area (Å²) in [7, 11) is -5.64. The van der Waals surface area contributed by atoms with Crippen molar-refractivity contribution in [2.24, 2.45) is 0 Å². The lowest BCUT2D eigenvalue weighted by Gasteiger charge is -2.19. The van der Waals surface area contributed by atoms with Crippen molar-refractivity contribution >= 4 is 10.1 Å². The zero-order valence-electron chi connectivity index (χ0n) is 12.0. The number of halogens is 3. The molecule has 23 heavy (non-hydrogen) atoms. The van der Waals surface area contributed by atoms with Gasteiger partial charge in [-0.2, -0.15) is 21.6 Å². The Morgan fingerprint density at radius 2 is 1.22 bits per heavy atom. The second-order valence-electron chi connectivity index (χ2n) is 5.00. The summed E-state index contributed by atoms with van der Waals surface area (Å²) in [5, 5.41) is 0. The van der Waals surface area contributed by atoms with Gasteiger partial charge >= 0.3 is 15.6 Å². The largest absolute Gasteiger partial charge is 0.523 e. The van der Waals surface area contributed by atoms with Crippen LogP contribution in [0, 0.1) is 0 Å². The quantitative estimate of drug-likeness (QED) is 0.593. The SMILES string of the molecule is O=S(=O)(OC(Cc1ccccc1)Cc1ccccc1)C(F)(F)F. The molecule has 0 spiro atoms. The van der Waals surface area contributed by atoms with Crippen molar-refractivity contribution in [1.29, 1.82) is 0 Å². The molecule has 0 heterocycles. The molecule has 0 amide bonds. The van der Waals surface area contributed by atoms with Gasteiger partial charge in [-0.25, -0.2) is 0 Å². The monoisotopic (exact) mass is 344 g/mol. The molecule has 2 rings (SSSR count). The Balaban J connectivity index is 2.21. The molecule has 0 N–H and O–H groups in total. The van der Waals surface area contributed by atoms with Gasteiger partial charge in [-0.1, -0.05) is 60.7 Å². The summed E-state index contributed by atoms with van der Waals surface area (Å²) in [5.74, 6) is 0. The predicted octanol–water partition coefficient (Wildman–Crippen LogP) is 3.71. The van der Waals surface area contributed by atoms with Crippen LogP contribution in [0.2, 0.25) is 0 Å². The van der Waals surface area contributed by atoms with E-state index >= 15 is 0 Å². The molecule has 0 aromatic heterocycles. The van der Waals surface area contributed by atoms with Crippen LogP contribution in [0.1, 0.15) is 11.1 Å². The molecule has 0 bridgehead atoms. The minimum atomic E-state index is -5.64. The molecule has 124 valence electrons. The molecule has 0 saturated carbocycles. The Labute approximate surface area is 132 Å². The first-order valence-corrected chi connectivity index (χ1v) is 8.26. The first-order valence-electron chi connectivity index (χ1n) is 6.85. The Morgan fingerprint density at radius 3 is 1.57 bits per heavy atom. The number of benzene rings is 2. The summed E-state index contributed by atoms with van der Waals surface area (Å²) in [5.41, 5.74) is -4.03. The first-order chi connectivity index (χ1) is 10.8. The Morgan fingerprint density at radius 1 is 0.826 bits per heavy atom. The smallest absolute Gasteiger partial charge is 0.259 e. The summed E-state index contributed by atoms with van der Waals surface area (Å²) in [6.07, 6.45) is -1.01. The minimum Gasteiger partial charge on any atom is -0.259 e. The van der Waals surface area contributed by atoms with Crippen LogP contribution in [-0.4, -0.2) is 20.0 Å². The van der Waals surface area contributed by atoms with E-state index in [-0.39, 0.29) is 12.8 Å². The van der Waals surface area contributed by atoms with Crippen molar-refractivity contribution in [1.82, 2.24) is 0 Å². The van der Waals surface area contributed by atoms with Crippen molar-refractivity contribution in [2.75, 3.05) is 0 Å². The summed E-state index contributed by atoms with van der Waals surface area (Å²) in [6.45, 7) is 0. The van der Waals surface area contributed by atoms with Crippen LogP contribution >= 0.6 is 0 Å². The van der Waals surface area contributed by atoms with Crippen LogP contribution in [-0.2, 0) is 27.1 Å². The van der Waals surface area contributed by atoms with Crippen LogP contribution in [0.15, 0.2) is 60.7 Å². The lowest BCUT2D eigenvalue weighted by molar-refractivity contribution is -0.0573. The second-order valence-corrected chi connectivity index (χ2v) is 6.56. The Kier molecular flexibility index (Phi) is 5.43. The third-order valence-corrected chi connectivity index (χ3v) is 4.25. The summed E-state index contributed by atoms with van der Waals surface area (Å²) in [6, 6.07) is 17.3. The fraction of sp³-hybridized carbons (Fsp3) is 0.250. The van der Waals surface area contributed by atoms with Gasteiger partial charge in [-0.3, -0.25) is 4.18 Å². The maximum absolute atomic E-state index is 12.6. The zero-order chi connectivity index (χ0) is 16.9. The maximum Gasteiger partial charge on any atom is 0.523 e. The molecule has 2 aromatic rings. The van der Waals surface area contributed by atoms with Crippen LogP contribution in [0.4, 0.5) is 13.2 Å². The number of alkyl halides is 3. The van der Waals surface area contributed by atoms with E-state index in [0.717, 1.165) is 0 Å². The van der Waals surface area contributed by atoms with Crippen LogP contribution in [0.25, 0.3) is 0 Å². The molecule has 0 radical (unpaired) electrons. The van der Waals surface area contributed by atoms with E-state index < -0.39 is 21.7 Å². The van der Waals surface area contributed by atoms with Gasteiger partial charge < -0.3 is 0 Å². The normalized spacial score (nSPS) is 12.5. The van der Waals surface area contributed by atoms with Crippen molar-refractivity contribution in [3.8, 4) is 0 Å². The first kappa shape index (κ1) is 17.5. The second kappa shape index (κ2) is 7.14. The molecule has 0 fully saturated rings. The molecule has 7 heteroatoms. The van der Waals surface area contributed by atoms with Gasteiger partial charge in [0.15, 0.2) is 0 Å². The average Bonchev–Trinajstić information content (AvgIpc) is 2.47. The topological polar surface area (TPSA) is 43.4 Å². The third kappa shape index (κ3) is 5.07. The predicted molar refractivity (Wildman–Crippen MR) is 80.1 cm³/mol. The van der Waals surface area contributed by atoms with Crippen molar-refractivity contribution in [3.05, 3.63) is 71.8 Å². The lowest BCUT2D eigenvalue weighted by Crippen LogP contribution is -2.32. The van der Waals surface area contributed by atoms with Crippen LogP contribution in [0.3, 0.4) is 0 Å². The average molecular weight is 344 g/mol.